The highest BCUT2D eigenvalue weighted by Gasteiger charge is 2.13. The van der Waals surface area contributed by atoms with Gasteiger partial charge in [-0.05, 0) is 24.4 Å². The number of aromatic amines is 1. The molecule has 0 aliphatic rings. The fourth-order valence-electron chi connectivity index (χ4n) is 2.12. The van der Waals surface area contributed by atoms with Crippen LogP contribution >= 0.6 is 11.3 Å². The van der Waals surface area contributed by atoms with E-state index in [1.165, 1.54) is 0 Å². The molecular formula is C14H16N4O2S. The van der Waals surface area contributed by atoms with Gasteiger partial charge in [0.25, 0.3) is 5.91 Å². The molecule has 0 radical (unpaired) electrons. The van der Waals surface area contributed by atoms with E-state index in [2.05, 4.69) is 15.4 Å². The molecule has 0 spiro atoms. The summed E-state index contributed by atoms with van der Waals surface area (Å²) >= 11 is 1.60. The lowest BCUT2D eigenvalue weighted by molar-refractivity contribution is 0.102. The summed E-state index contributed by atoms with van der Waals surface area (Å²) < 4.78 is 7.93. The predicted molar refractivity (Wildman–Crippen MR) is 82.9 cm³/mol. The lowest BCUT2D eigenvalue weighted by Crippen LogP contribution is -2.15. The number of carbonyl (C=O) groups is 1. The van der Waals surface area contributed by atoms with Gasteiger partial charge in [0, 0.05) is 19.4 Å². The smallest absolute Gasteiger partial charge is 0.273 e. The minimum absolute atomic E-state index is 0.122. The summed E-state index contributed by atoms with van der Waals surface area (Å²) in [6.45, 7) is 2.57. The molecule has 110 valence electrons. The zero-order chi connectivity index (χ0) is 14.8. The number of hydrogen-bond acceptors (Lipinski definition) is 4. The van der Waals surface area contributed by atoms with E-state index in [0.717, 1.165) is 10.2 Å². The van der Waals surface area contributed by atoms with Crippen molar-refractivity contribution in [1.82, 2.24) is 14.8 Å². The van der Waals surface area contributed by atoms with Gasteiger partial charge in [0.05, 0.1) is 22.9 Å². The van der Waals surface area contributed by atoms with Crippen molar-refractivity contribution in [3.63, 3.8) is 0 Å². The Morgan fingerprint density at radius 2 is 2.43 bits per heavy atom. The molecule has 2 N–H and O–H groups in total. The van der Waals surface area contributed by atoms with Crippen LogP contribution in [-0.4, -0.2) is 34.4 Å². The van der Waals surface area contributed by atoms with Crippen LogP contribution in [0.5, 0.6) is 0 Å². The van der Waals surface area contributed by atoms with Crippen molar-refractivity contribution in [2.24, 2.45) is 0 Å². The number of amides is 1. The standard InChI is InChI=1S/C14H16N4O2S/c1-9(8-20-2)18-5-3-13(17-18)16-14(19)11-7-12-10(15-11)4-6-21-12/h3-7,9,15H,8H2,1-2H3,(H,16,17,19)/t9-/m1/s1. The predicted octanol–water partition coefficient (Wildman–Crippen LogP) is 2.89. The first-order valence-electron chi connectivity index (χ1n) is 6.59. The van der Waals surface area contributed by atoms with Gasteiger partial charge in [-0.15, -0.1) is 11.3 Å². The van der Waals surface area contributed by atoms with Gasteiger partial charge in [-0.25, -0.2) is 0 Å². The highest BCUT2D eigenvalue weighted by molar-refractivity contribution is 7.17. The normalized spacial score (nSPS) is 12.7. The maximum absolute atomic E-state index is 12.2. The van der Waals surface area contributed by atoms with Gasteiger partial charge in [0.2, 0.25) is 0 Å². The molecule has 0 aliphatic carbocycles. The van der Waals surface area contributed by atoms with Crippen LogP contribution in [-0.2, 0) is 4.74 Å². The molecule has 0 aromatic carbocycles. The van der Waals surface area contributed by atoms with Gasteiger partial charge >= 0.3 is 0 Å². The van der Waals surface area contributed by atoms with E-state index in [0.29, 0.717) is 18.1 Å². The molecule has 3 heterocycles. The van der Waals surface area contributed by atoms with Crippen molar-refractivity contribution in [1.29, 1.82) is 0 Å². The topological polar surface area (TPSA) is 71.9 Å². The van der Waals surface area contributed by atoms with Crippen molar-refractivity contribution in [3.05, 3.63) is 35.5 Å². The minimum Gasteiger partial charge on any atom is -0.382 e. The largest absolute Gasteiger partial charge is 0.382 e. The molecule has 0 fully saturated rings. The zero-order valence-corrected chi connectivity index (χ0v) is 12.6. The van der Waals surface area contributed by atoms with Gasteiger partial charge in [0.15, 0.2) is 5.82 Å². The van der Waals surface area contributed by atoms with Crippen LogP contribution in [0.3, 0.4) is 0 Å². The van der Waals surface area contributed by atoms with Gasteiger partial charge < -0.3 is 15.0 Å². The van der Waals surface area contributed by atoms with E-state index in [1.54, 1.807) is 29.2 Å². The summed E-state index contributed by atoms with van der Waals surface area (Å²) in [5, 5.41) is 9.11. The second-order valence-electron chi connectivity index (χ2n) is 4.82. The first-order valence-corrected chi connectivity index (χ1v) is 7.47. The number of anilines is 1. The molecule has 6 nitrogen and oxygen atoms in total. The molecule has 0 saturated heterocycles. The highest BCUT2D eigenvalue weighted by Crippen LogP contribution is 2.21. The van der Waals surface area contributed by atoms with Crippen LogP contribution in [0.15, 0.2) is 29.8 Å². The lowest BCUT2D eigenvalue weighted by Gasteiger charge is -2.10. The van der Waals surface area contributed by atoms with Crippen LogP contribution < -0.4 is 5.32 Å². The number of methoxy groups -OCH3 is 1. The van der Waals surface area contributed by atoms with E-state index in [1.807, 2.05) is 30.6 Å². The maximum Gasteiger partial charge on any atom is 0.273 e. The Kier molecular flexibility index (Phi) is 3.76. The first-order chi connectivity index (χ1) is 10.2. The monoisotopic (exact) mass is 304 g/mol. The van der Waals surface area contributed by atoms with Gasteiger partial charge in [0.1, 0.15) is 5.69 Å². The number of fused-ring (bicyclic) bond motifs is 1. The molecule has 1 amide bonds. The van der Waals surface area contributed by atoms with Gasteiger partial charge in [-0.2, -0.15) is 5.10 Å². The minimum atomic E-state index is -0.192. The van der Waals surface area contributed by atoms with E-state index < -0.39 is 0 Å². The molecule has 3 rings (SSSR count). The third-order valence-electron chi connectivity index (χ3n) is 3.19. The summed E-state index contributed by atoms with van der Waals surface area (Å²) in [5.74, 6) is 0.337. The third kappa shape index (κ3) is 2.84. The van der Waals surface area contributed by atoms with E-state index in [4.69, 9.17) is 4.74 Å². The molecule has 7 heteroatoms. The van der Waals surface area contributed by atoms with Crippen molar-refractivity contribution >= 4 is 33.3 Å². The molecular weight excluding hydrogens is 288 g/mol. The van der Waals surface area contributed by atoms with Crippen molar-refractivity contribution in [3.8, 4) is 0 Å². The SMILES string of the molecule is COC[C@@H](C)n1ccc(NC(=O)c2cc3sccc3[nH]2)n1. The number of nitrogens with one attached hydrogen (secondary N) is 2. The van der Waals surface area contributed by atoms with Crippen molar-refractivity contribution in [2.75, 3.05) is 19.0 Å². The Balaban J connectivity index is 1.71. The van der Waals surface area contributed by atoms with E-state index in [-0.39, 0.29) is 11.9 Å². The number of carbonyl (C=O) groups excluding carboxylic acids is 1. The zero-order valence-electron chi connectivity index (χ0n) is 11.8. The number of hydrogen-bond donors (Lipinski definition) is 2. The highest BCUT2D eigenvalue weighted by atomic mass is 32.1. The number of rotatable bonds is 5. The molecule has 0 aliphatic heterocycles. The summed E-state index contributed by atoms with van der Waals surface area (Å²) in [7, 11) is 1.65. The average molecular weight is 304 g/mol. The molecule has 1 atom stereocenters. The second-order valence-corrected chi connectivity index (χ2v) is 5.77. The molecule has 3 aromatic rings. The van der Waals surface area contributed by atoms with Gasteiger partial charge in [-0.1, -0.05) is 0 Å². The number of aromatic nitrogens is 3. The Hall–Kier alpha value is -2.12. The molecule has 0 unspecified atom stereocenters. The van der Waals surface area contributed by atoms with Crippen LogP contribution in [0.2, 0.25) is 0 Å². The maximum atomic E-state index is 12.2. The van der Waals surface area contributed by atoms with Crippen molar-refractivity contribution in [2.45, 2.75) is 13.0 Å². The third-order valence-corrected chi connectivity index (χ3v) is 4.06. The van der Waals surface area contributed by atoms with Crippen LogP contribution in [0.1, 0.15) is 23.5 Å². The molecule has 3 aromatic heterocycles. The fraction of sp³-hybridized carbons (Fsp3) is 0.286. The summed E-state index contributed by atoms with van der Waals surface area (Å²) in [6.07, 6.45) is 1.83. The Morgan fingerprint density at radius 1 is 1.57 bits per heavy atom. The number of thiophene rings is 1. The summed E-state index contributed by atoms with van der Waals surface area (Å²) in [5.41, 5.74) is 1.51. The van der Waals surface area contributed by atoms with E-state index in [9.17, 15) is 4.79 Å². The molecule has 0 saturated carbocycles. The van der Waals surface area contributed by atoms with Crippen LogP contribution in [0.4, 0.5) is 5.82 Å². The molecule has 21 heavy (non-hydrogen) atoms. The number of ether oxygens (including phenoxy) is 1. The van der Waals surface area contributed by atoms with Gasteiger partial charge in [-0.3, -0.25) is 9.48 Å². The average Bonchev–Trinajstić information content (AvgIpc) is 3.13. The van der Waals surface area contributed by atoms with Crippen LogP contribution in [0, 0.1) is 0 Å². The Bertz CT molecular complexity index is 729. The number of H-pyrrole nitrogens is 1. The van der Waals surface area contributed by atoms with E-state index >= 15 is 0 Å². The van der Waals surface area contributed by atoms with Crippen LogP contribution in [0.25, 0.3) is 10.2 Å². The Morgan fingerprint density at radius 3 is 3.19 bits per heavy atom. The molecule has 0 bridgehead atoms. The fourth-order valence-corrected chi connectivity index (χ4v) is 2.90. The summed E-state index contributed by atoms with van der Waals surface area (Å²) in [4.78, 5) is 15.3. The number of nitrogens with zero attached hydrogens (tertiary/aromatic N) is 2. The quantitative estimate of drug-likeness (QED) is 0.761. The van der Waals surface area contributed by atoms with Crippen molar-refractivity contribution < 1.29 is 9.53 Å². The second kappa shape index (κ2) is 5.71. The Labute approximate surface area is 125 Å². The summed E-state index contributed by atoms with van der Waals surface area (Å²) in [6, 6.07) is 5.70. The first kappa shape index (κ1) is 13.8. The lowest BCUT2D eigenvalue weighted by atomic mass is 10.4.